The predicted molar refractivity (Wildman–Crippen MR) is 76.0 cm³/mol. The van der Waals surface area contributed by atoms with Crippen molar-refractivity contribution in [3.8, 4) is 0 Å². The molecule has 3 rings (SSSR count). The number of benzene rings is 1. The number of nitrogens with one attached hydrogen (secondary N) is 2. The molecule has 1 spiro atoms. The molecule has 0 aromatic heterocycles. The molecule has 0 saturated heterocycles. The van der Waals surface area contributed by atoms with E-state index in [0.717, 1.165) is 12.5 Å². The summed E-state index contributed by atoms with van der Waals surface area (Å²) in [6.45, 7) is 3.47. The van der Waals surface area contributed by atoms with Crippen molar-refractivity contribution in [2.24, 2.45) is 11.3 Å². The summed E-state index contributed by atoms with van der Waals surface area (Å²) in [4.78, 5) is 11.8. The second-order valence-electron chi connectivity index (χ2n) is 6.15. The summed E-state index contributed by atoms with van der Waals surface area (Å²) in [6.07, 6.45) is 4.16. The molecule has 1 aromatic carbocycles. The molecule has 2 N–H and O–H groups in total. The molecule has 0 bridgehead atoms. The highest BCUT2D eigenvalue weighted by Gasteiger charge is 2.63. The average molecular weight is 276 g/mol. The van der Waals surface area contributed by atoms with E-state index in [9.17, 15) is 9.18 Å². The van der Waals surface area contributed by atoms with Crippen molar-refractivity contribution in [1.82, 2.24) is 10.6 Å². The van der Waals surface area contributed by atoms with Gasteiger partial charge in [0.15, 0.2) is 0 Å². The Hall–Kier alpha value is -1.42. The Labute approximate surface area is 118 Å². The highest BCUT2D eigenvalue weighted by molar-refractivity contribution is 5.94. The molecule has 2 atom stereocenters. The molecule has 4 heteroatoms. The van der Waals surface area contributed by atoms with Crippen molar-refractivity contribution in [2.45, 2.75) is 32.2 Å². The van der Waals surface area contributed by atoms with Crippen molar-refractivity contribution < 1.29 is 9.18 Å². The Bertz CT molecular complexity index is 513. The number of rotatable bonds is 6. The Morgan fingerprint density at radius 1 is 1.40 bits per heavy atom. The standard InChI is InChI=1S/C16H21FN2O/c1-11(13-10-16(13)6-7-16)18-8-9-19-15(20)12-4-2-3-5-14(12)17/h2-5,11,13,18H,6-10H2,1H3,(H,19,20). The molecule has 2 unspecified atom stereocenters. The van der Waals surface area contributed by atoms with E-state index < -0.39 is 5.82 Å². The smallest absolute Gasteiger partial charge is 0.254 e. The maximum atomic E-state index is 13.4. The molecule has 2 fully saturated rings. The summed E-state index contributed by atoms with van der Waals surface area (Å²) in [5.74, 6) is 0.00684. The third kappa shape index (κ3) is 2.70. The van der Waals surface area contributed by atoms with Crippen molar-refractivity contribution in [2.75, 3.05) is 13.1 Å². The highest BCUT2D eigenvalue weighted by Crippen LogP contribution is 2.71. The predicted octanol–water partition coefficient (Wildman–Crippen LogP) is 2.33. The third-order valence-corrected chi connectivity index (χ3v) is 4.74. The van der Waals surface area contributed by atoms with Crippen LogP contribution in [0.1, 0.15) is 36.5 Å². The van der Waals surface area contributed by atoms with Gasteiger partial charge in [-0.15, -0.1) is 0 Å². The zero-order valence-corrected chi connectivity index (χ0v) is 11.8. The van der Waals surface area contributed by atoms with Crippen LogP contribution < -0.4 is 10.6 Å². The van der Waals surface area contributed by atoms with Crippen LogP contribution in [0.3, 0.4) is 0 Å². The average Bonchev–Trinajstić information content (AvgIpc) is 3.35. The molecule has 0 heterocycles. The summed E-state index contributed by atoms with van der Waals surface area (Å²) in [5, 5.41) is 6.20. The molecule has 3 nitrogen and oxygen atoms in total. The van der Waals surface area contributed by atoms with Gasteiger partial charge < -0.3 is 10.6 Å². The van der Waals surface area contributed by atoms with Crippen molar-refractivity contribution in [1.29, 1.82) is 0 Å². The molecule has 2 aliphatic carbocycles. The van der Waals surface area contributed by atoms with Crippen molar-refractivity contribution >= 4 is 5.91 Å². The van der Waals surface area contributed by atoms with Crippen LogP contribution in [0.15, 0.2) is 24.3 Å². The van der Waals surface area contributed by atoms with Crippen molar-refractivity contribution in [3.05, 3.63) is 35.6 Å². The fourth-order valence-electron chi connectivity index (χ4n) is 3.18. The van der Waals surface area contributed by atoms with Gasteiger partial charge in [0.2, 0.25) is 0 Å². The lowest BCUT2D eigenvalue weighted by Crippen LogP contribution is -2.37. The van der Waals surface area contributed by atoms with Gasteiger partial charge in [-0.3, -0.25) is 4.79 Å². The van der Waals surface area contributed by atoms with Gasteiger partial charge in [-0.2, -0.15) is 0 Å². The molecule has 1 amide bonds. The summed E-state index contributed by atoms with van der Waals surface area (Å²) in [5.41, 5.74) is 0.808. The van der Waals surface area contributed by atoms with Gasteiger partial charge >= 0.3 is 0 Å². The van der Waals surface area contributed by atoms with Crippen LogP contribution in [-0.4, -0.2) is 25.0 Å². The van der Waals surface area contributed by atoms with E-state index >= 15 is 0 Å². The van der Waals surface area contributed by atoms with Crippen LogP contribution in [0, 0.1) is 17.2 Å². The number of carbonyl (C=O) groups excluding carboxylic acids is 1. The van der Waals surface area contributed by atoms with E-state index in [1.165, 1.54) is 31.4 Å². The fourth-order valence-corrected chi connectivity index (χ4v) is 3.18. The van der Waals surface area contributed by atoms with Crippen LogP contribution in [0.2, 0.25) is 0 Å². The summed E-state index contributed by atoms with van der Waals surface area (Å²) in [6, 6.07) is 6.57. The van der Waals surface area contributed by atoms with Gasteiger partial charge in [-0.1, -0.05) is 12.1 Å². The Balaban J connectivity index is 1.37. The number of carbonyl (C=O) groups is 1. The number of amides is 1. The van der Waals surface area contributed by atoms with E-state index in [1.54, 1.807) is 12.1 Å². The third-order valence-electron chi connectivity index (χ3n) is 4.74. The van der Waals surface area contributed by atoms with Gasteiger partial charge in [0.1, 0.15) is 5.82 Å². The monoisotopic (exact) mass is 276 g/mol. The first-order valence-electron chi connectivity index (χ1n) is 7.38. The lowest BCUT2D eigenvalue weighted by Gasteiger charge is -2.14. The minimum Gasteiger partial charge on any atom is -0.351 e. The van der Waals surface area contributed by atoms with Gasteiger partial charge in [-0.05, 0) is 49.7 Å². The number of hydrogen-bond acceptors (Lipinski definition) is 2. The Kier molecular flexibility index (Phi) is 3.50. The molecule has 0 aliphatic heterocycles. The maximum absolute atomic E-state index is 13.4. The van der Waals surface area contributed by atoms with E-state index in [2.05, 4.69) is 17.6 Å². The van der Waals surface area contributed by atoms with Crippen molar-refractivity contribution in [3.63, 3.8) is 0 Å². The molecule has 2 aliphatic rings. The largest absolute Gasteiger partial charge is 0.351 e. The number of halogens is 1. The fraction of sp³-hybridized carbons (Fsp3) is 0.562. The molecule has 1 aromatic rings. The van der Waals surface area contributed by atoms with Gasteiger partial charge in [0, 0.05) is 19.1 Å². The normalized spacial score (nSPS) is 23.4. The summed E-state index contributed by atoms with van der Waals surface area (Å²) < 4.78 is 13.4. The van der Waals surface area contributed by atoms with Crippen LogP contribution in [-0.2, 0) is 0 Å². The zero-order valence-electron chi connectivity index (χ0n) is 11.8. The molecule has 0 radical (unpaired) electrons. The van der Waals surface area contributed by atoms with Crippen LogP contribution in [0.5, 0.6) is 0 Å². The van der Waals surface area contributed by atoms with E-state index in [0.29, 0.717) is 18.0 Å². The summed E-state index contributed by atoms with van der Waals surface area (Å²) in [7, 11) is 0. The lowest BCUT2D eigenvalue weighted by atomic mass is 10.1. The van der Waals surface area contributed by atoms with Crippen LogP contribution in [0.25, 0.3) is 0 Å². The molecular formula is C16H21FN2O. The van der Waals surface area contributed by atoms with Crippen LogP contribution >= 0.6 is 0 Å². The summed E-state index contributed by atoms with van der Waals surface area (Å²) >= 11 is 0. The second kappa shape index (κ2) is 5.17. The Morgan fingerprint density at radius 3 is 2.80 bits per heavy atom. The minimum absolute atomic E-state index is 0.111. The first-order valence-corrected chi connectivity index (χ1v) is 7.38. The topological polar surface area (TPSA) is 41.1 Å². The minimum atomic E-state index is -0.472. The first kappa shape index (κ1) is 13.6. The zero-order chi connectivity index (χ0) is 14.2. The number of hydrogen-bond donors (Lipinski definition) is 2. The molecular weight excluding hydrogens is 255 g/mol. The highest BCUT2D eigenvalue weighted by atomic mass is 19.1. The van der Waals surface area contributed by atoms with E-state index in [1.807, 2.05) is 0 Å². The maximum Gasteiger partial charge on any atom is 0.254 e. The first-order chi connectivity index (χ1) is 9.62. The van der Waals surface area contributed by atoms with Gasteiger partial charge in [-0.25, -0.2) is 4.39 Å². The quantitative estimate of drug-likeness (QED) is 0.783. The van der Waals surface area contributed by atoms with E-state index in [-0.39, 0.29) is 11.5 Å². The van der Waals surface area contributed by atoms with Gasteiger partial charge in [0.25, 0.3) is 5.91 Å². The van der Waals surface area contributed by atoms with Gasteiger partial charge in [0.05, 0.1) is 5.56 Å². The molecule has 108 valence electrons. The molecule has 2 saturated carbocycles. The molecule has 20 heavy (non-hydrogen) atoms. The van der Waals surface area contributed by atoms with Crippen LogP contribution in [0.4, 0.5) is 4.39 Å². The second-order valence-corrected chi connectivity index (χ2v) is 6.15. The van der Waals surface area contributed by atoms with E-state index in [4.69, 9.17) is 0 Å². The SMILES string of the molecule is CC(NCCNC(=O)c1ccccc1F)C1CC12CC2. The lowest BCUT2D eigenvalue weighted by molar-refractivity contribution is 0.0949. The Morgan fingerprint density at radius 2 is 2.15 bits per heavy atom.